The molecule has 0 amide bonds. The van der Waals surface area contributed by atoms with E-state index in [1.54, 1.807) is 6.07 Å². The molecule has 0 aliphatic carbocycles. The van der Waals surface area contributed by atoms with Crippen molar-refractivity contribution in [3.63, 3.8) is 0 Å². The summed E-state index contributed by atoms with van der Waals surface area (Å²) in [5, 5.41) is 0. The Balaban J connectivity index is 1.96. The van der Waals surface area contributed by atoms with Crippen molar-refractivity contribution in [1.82, 2.24) is 0 Å². The number of aryl methyl sites for hydroxylation is 2. The van der Waals surface area contributed by atoms with Gasteiger partial charge < -0.3 is 5.73 Å². The number of hydrogen-bond donors (Lipinski definition) is 1. The van der Waals surface area contributed by atoms with Crippen LogP contribution in [0.3, 0.4) is 0 Å². The van der Waals surface area contributed by atoms with Gasteiger partial charge in [0.2, 0.25) is 0 Å². The highest BCUT2D eigenvalue weighted by Gasteiger charge is 2.01. The third-order valence-corrected chi connectivity index (χ3v) is 4.08. The molecule has 1 nitrogen and oxygen atoms in total. The number of allylic oxidation sites excluding steroid dienone is 1. The van der Waals surface area contributed by atoms with Crippen molar-refractivity contribution in [3.05, 3.63) is 53.2 Å². The van der Waals surface area contributed by atoms with Crippen LogP contribution in [-0.2, 0) is 6.42 Å². The van der Waals surface area contributed by atoms with Gasteiger partial charge in [-0.1, -0.05) is 57.2 Å². The second-order valence-corrected chi connectivity index (χ2v) is 6.13. The lowest BCUT2D eigenvalue weighted by Crippen LogP contribution is -1.94. The molecule has 22 heavy (non-hydrogen) atoms. The Morgan fingerprint density at radius 2 is 1.64 bits per heavy atom. The van der Waals surface area contributed by atoms with Gasteiger partial charge in [0.1, 0.15) is 5.82 Å². The predicted octanol–water partition coefficient (Wildman–Crippen LogP) is 5.82. The number of rotatable bonds is 11. The average molecular weight is 303 g/mol. The van der Waals surface area contributed by atoms with E-state index in [0.29, 0.717) is 0 Å². The molecule has 1 aromatic carbocycles. The van der Waals surface area contributed by atoms with Crippen LogP contribution < -0.4 is 5.73 Å². The first-order chi connectivity index (χ1) is 10.6. The lowest BCUT2D eigenvalue weighted by atomic mass is 10.0. The highest BCUT2D eigenvalue weighted by Crippen LogP contribution is 2.15. The van der Waals surface area contributed by atoms with E-state index in [9.17, 15) is 4.39 Å². The molecule has 2 heteroatoms. The normalized spacial score (nSPS) is 10.5. The summed E-state index contributed by atoms with van der Waals surface area (Å²) in [5.41, 5.74) is 11.0. The highest BCUT2D eigenvalue weighted by molar-refractivity contribution is 5.23. The quantitative estimate of drug-likeness (QED) is 0.405. The van der Waals surface area contributed by atoms with Gasteiger partial charge in [-0.25, -0.2) is 4.39 Å². The summed E-state index contributed by atoms with van der Waals surface area (Å²) in [4.78, 5) is 0. The molecule has 0 fully saturated rings. The van der Waals surface area contributed by atoms with E-state index >= 15 is 0 Å². The minimum atomic E-state index is -0.0483. The van der Waals surface area contributed by atoms with Crippen molar-refractivity contribution < 1.29 is 4.39 Å². The zero-order valence-corrected chi connectivity index (χ0v) is 14.0. The maximum absolute atomic E-state index is 13.7. The molecule has 0 aliphatic heterocycles. The fourth-order valence-corrected chi connectivity index (χ4v) is 2.64. The molecule has 0 heterocycles. The van der Waals surface area contributed by atoms with E-state index in [2.05, 4.69) is 12.3 Å². The molecular weight excluding hydrogens is 273 g/mol. The fraction of sp³-hybridized carbons (Fsp3) is 0.550. The first-order valence-electron chi connectivity index (χ1n) is 8.53. The smallest absolute Gasteiger partial charge is 0.126 e. The van der Waals surface area contributed by atoms with Crippen LogP contribution in [0.25, 0.3) is 0 Å². The van der Waals surface area contributed by atoms with Gasteiger partial charge in [0, 0.05) is 0 Å². The van der Waals surface area contributed by atoms with Crippen LogP contribution in [0.4, 0.5) is 4.39 Å². The molecule has 0 aliphatic rings. The van der Waals surface area contributed by atoms with Crippen molar-refractivity contribution in [2.24, 2.45) is 5.73 Å². The van der Waals surface area contributed by atoms with Gasteiger partial charge in [-0.05, 0) is 49.8 Å². The predicted molar refractivity (Wildman–Crippen MR) is 93.2 cm³/mol. The van der Waals surface area contributed by atoms with Crippen LogP contribution >= 0.6 is 0 Å². The first kappa shape index (κ1) is 18.5. The first-order valence-corrected chi connectivity index (χ1v) is 8.53. The molecule has 2 N–H and O–H groups in total. The summed E-state index contributed by atoms with van der Waals surface area (Å²) in [6, 6.07) is 5.55. The molecule has 0 radical (unpaired) electrons. The Morgan fingerprint density at radius 3 is 2.23 bits per heavy atom. The van der Waals surface area contributed by atoms with Gasteiger partial charge in [-0.3, -0.25) is 0 Å². The van der Waals surface area contributed by atoms with Crippen LogP contribution in [0, 0.1) is 12.7 Å². The third-order valence-electron chi connectivity index (χ3n) is 4.08. The summed E-state index contributed by atoms with van der Waals surface area (Å²) in [5.74, 6) is -0.0483. The van der Waals surface area contributed by atoms with Crippen molar-refractivity contribution in [2.45, 2.75) is 71.1 Å². The van der Waals surface area contributed by atoms with E-state index in [0.717, 1.165) is 42.5 Å². The standard InChI is InChI=1S/C20H30FN/c1-3-19(22)13-11-9-7-5-4-6-8-10-12-18-15-14-17(2)16-20(18)21/h14-16H,1,4-13,22H2,2H3. The minimum absolute atomic E-state index is 0.0483. The Hall–Kier alpha value is -1.53. The van der Waals surface area contributed by atoms with E-state index < -0.39 is 0 Å². The maximum Gasteiger partial charge on any atom is 0.126 e. The van der Waals surface area contributed by atoms with Crippen LogP contribution in [0.1, 0.15) is 68.9 Å². The second kappa shape index (κ2) is 11.1. The van der Waals surface area contributed by atoms with Gasteiger partial charge in [-0.2, -0.15) is 0 Å². The SMILES string of the molecule is C=C=C(N)CCCCCCCCCCc1ccc(C)cc1F. The average Bonchev–Trinajstić information content (AvgIpc) is 2.50. The van der Waals surface area contributed by atoms with E-state index in [1.807, 2.05) is 19.1 Å². The third kappa shape index (κ3) is 8.05. The number of halogens is 1. The van der Waals surface area contributed by atoms with Crippen LogP contribution in [0.5, 0.6) is 0 Å². The lowest BCUT2D eigenvalue weighted by Gasteiger charge is -2.05. The van der Waals surface area contributed by atoms with Gasteiger partial charge in [0.15, 0.2) is 0 Å². The van der Waals surface area contributed by atoms with Crippen LogP contribution in [0.15, 0.2) is 36.2 Å². The van der Waals surface area contributed by atoms with Gasteiger partial charge >= 0.3 is 0 Å². The van der Waals surface area contributed by atoms with Crippen molar-refractivity contribution in [3.8, 4) is 0 Å². The molecule has 0 aromatic heterocycles. The number of hydrogen-bond acceptors (Lipinski definition) is 1. The second-order valence-electron chi connectivity index (χ2n) is 6.13. The summed E-state index contributed by atoms with van der Waals surface area (Å²) < 4.78 is 13.7. The molecule has 0 bridgehead atoms. The van der Waals surface area contributed by atoms with Crippen LogP contribution in [-0.4, -0.2) is 0 Å². The number of benzene rings is 1. The maximum atomic E-state index is 13.7. The Labute approximate surface area is 135 Å². The van der Waals surface area contributed by atoms with E-state index in [1.165, 1.54) is 38.5 Å². The van der Waals surface area contributed by atoms with Gasteiger partial charge in [0.05, 0.1) is 5.70 Å². The molecule has 0 spiro atoms. The molecule has 0 atom stereocenters. The van der Waals surface area contributed by atoms with E-state index in [4.69, 9.17) is 5.73 Å². The topological polar surface area (TPSA) is 26.0 Å². The number of unbranched alkanes of at least 4 members (excludes halogenated alkanes) is 7. The van der Waals surface area contributed by atoms with Crippen molar-refractivity contribution in [1.29, 1.82) is 0 Å². The lowest BCUT2D eigenvalue weighted by molar-refractivity contribution is 0.558. The van der Waals surface area contributed by atoms with Crippen molar-refractivity contribution in [2.75, 3.05) is 0 Å². The van der Waals surface area contributed by atoms with Crippen LogP contribution in [0.2, 0.25) is 0 Å². The monoisotopic (exact) mass is 303 g/mol. The Kier molecular flexibility index (Phi) is 9.34. The van der Waals surface area contributed by atoms with Gasteiger partial charge in [0.25, 0.3) is 0 Å². The summed E-state index contributed by atoms with van der Waals surface area (Å²) >= 11 is 0. The fourth-order valence-electron chi connectivity index (χ4n) is 2.64. The molecule has 0 unspecified atom stereocenters. The summed E-state index contributed by atoms with van der Waals surface area (Å²) in [6.07, 6.45) is 11.5. The molecular formula is C20H30FN. The molecule has 0 saturated carbocycles. The van der Waals surface area contributed by atoms with Crippen molar-refractivity contribution >= 4 is 0 Å². The molecule has 0 saturated heterocycles. The summed E-state index contributed by atoms with van der Waals surface area (Å²) in [7, 11) is 0. The Morgan fingerprint density at radius 1 is 1.05 bits per heavy atom. The summed E-state index contributed by atoms with van der Waals surface area (Å²) in [6.45, 7) is 5.46. The largest absolute Gasteiger partial charge is 0.396 e. The minimum Gasteiger partial charge on any atom is -0.396 e. The number of nitrogens with two attached hydrogens (primary N) is 1. The molecule has 1 aromatic rings. The van der Waals surface area contributed by atoms with Gasteiger partial charge in [-0.15, -0.1) is 5.73 Å². The zero-order chi connectivity index (χ0) is 16.2. The van der Waals surface area contributed by atoms with E-state index in [-0.39, 0.29) is 5.82 Å². The highest BCUT2D eigenvalue weighted by atomic mass is 19.1. The zero-order valence-electron chi connectivity index (χ0n) is 14.0. The molecule has 122 valence electrons. The molecule has 1 rings (SSSR count). The Bertz CT molecular complexity index is 486.